The number of ether oxygens (including phenoxy) is 2. The molecule has 32 heavy (non-hydrogen) atoms. The first-order valence-electron chi connectivity index (χ1n) is 9.70. The molecule has 1 N–H and O–H groups in total. The standard InChI is InChI=1S/C22H22F4N4O2/c1-15(23)8-9-30-12-18(29-20(30)14-31-13-16-6-4-3-5-7-16)17-10-19(32-22(24,25)26)21(27-2)28-11-17/h3-7,10-12H,1,8-9,13-14H2,2H3,(H,27,28). The fourth-order valence-corrected chi connectivity index (χ4v) is 2.95. The second kappa shape index (κ2) is 10.3. The van der Waals surface area contributed by atoms with E-state index in [0.29, 0.717) is 23.7 Å². The van der Waals surface area contributed by atoms with Crippen molar-refractivity contribution in [3.05, 3.63) is 72.6 Å². The number of alkyl halides is 3. The normalized spacial score (nSPS) is 11.4. The van der Waals surface area contributed by atoms with Gasteiger partial charge in [0.25, 0.3) is 0 Å². The molecular weight excluding hydrogens is 428 g/mol. The van der Waals surface area contributed by atoms with E-state index in [-0.39, 0.29) is 25.4 Å². The summed E-state index contributed by atoms with van der Waals surface area (Å²) in [6, 6.07) is 10.7. The monoisotopic (exact) mass is 450 g/mol. The van der Waals surface area contributed by atoms with Crippen molar-refractivity contribution in [3.63, 3.8) is 0 Å². The van der Waals surface area contributed by atoms with Gasteiger partial charge in [0.15, 0.2) is 11.6 Å². The van der Waals surface area contributed by atoms with E-state index in [1.165, 1.54) is 19.3 Å². The molecule has 0 aliphatic rings. The average Bonchev–Trinajstić information content (AvgIpc) is 3.15. The van der Waals surface area contributed by atoms with Crippen molar-refractivity contribution in [3.8, 4) is 17.0 Å². The smallest absolute Gasteiger partial charge is 0.402 e. The zero-order chi connectivity index (χ0) is 23.1. The van der Waals surface area contributed by atoms with Gasteiger partial charge in [-0.1, -0.05) is 36.9 Å². The van der Waals surface area contributed by atoms with Crippen LogP contribution in [-0.2, 0) is 24.5 Å². The molecule has 0 saturated heterocycles. The van der Waals surface area contributed by atoms with Gasteiger partial charge in [0.05, 0.1) is 18.1 Å². The van der Waals surface area contributed by atoms with Crippen LogP contribution in [0, 0.1) is 0 Å². The molecule has 0 aliphatic heterocycles. The number of allylic oxidation sites excluding steroid dienone is 1. The molecule has 6 nitrogen and oxygen atoms in total. The molecule has 0 bridgehead atoms. The Hall–Kier alpha value is -3.40. The first-order valence-corrected chi connectivity index (χ1v) is 9.70. The number of anilines is 1. The molecule has 0 aliphatic carbocycles. The SMILES string of the molecule is C=C(F)CCn1cc(-c2cnc(NC)c(OC(F)(F)F)c2)nc1COCc1ccccc1. The van der Waals surface area contributed by atoms with Gasteiger partial charge in [0.1, 0.15) is 12.4 Å². The lowest BCUT2D eigenvalue weighted by atomic mass is 10.2. The lowest BCUT2D eigenvalue weighted by Crippen LogP contribution is -2.18. The largest absolute Gasteiger partial charge is 0.573 e. The number of pyridine rings is 1. The van der Waals surface area contributed by atoms with Crippen molar-refractivity contribution in [2.24, 2.45) is 0 Å². The molecule has 3 aromatic rings. The second-order valence-electron chi connectivity index (χ2n) is 6.85. The molecule has 0 atom stereocenters. The van der Waals surface area contributed by atoms with Gasteiger partial charge in [-0.05, 0) is 11.6 Å². The molecule has 3 rings (SSSR count). The summed E-state index contributed by atoms with van der Waals surface area (Å²) in [7, 11) is 1.44. The van der Waals surface area contributed by atoms with Crippen molar-refractivity contribution >= 4 is 5.82 Å². The minimum absolute atomic E-state index is 0.0642. The molecule has 10 heteroatoms. The highest BCUT2D eigenvalue weighted by Gasteiger charge is 2.32. The van der Waals surface area contributed by atoms with Gasteiger partial charge >= 0.3 is 6.36 Å². The van der Waals surface area contributed by atoms with Crippen molar-refractivity contribution in [2.45, 2.75) is 32.5 Å². The highest BCUT2D eigenvalue weighted by molar-refractivity contribution is 5.64. The summed E-state index contributed by atoms with van der Waals surface area (Å²) in [6.45, 7) is 3.98. The van der Waals surface area contributed by atoms with E-state index in [9.17, 15) is 17.6 Å². The number of aromatic nitrogens is 3. The maximum atomic E-state index is 13.2. The van der Waals surface area contributed by atoms with Crippen LogP contribution >= 0.6 is 0 Å². The van der Waals surface area contributed by atoms with Gasteiger partial charge in [0.2, 0.25) is 0 Å². The fraction of sp³-hybridized carbons (Fsp3) is 0.273. The van der Waals surface area contributed by atoms with Gasteiger partial charge in [-0.3, -0.25) is 0 Å². The summed E-state index contributed by atoms with van der Waals surface area (Å²) in [4.78, 5) is 8.45. The molecular formula is C22H22F4N4O2. The average molecular weight is 450 g/mol. The number of nitrogens with zero attached hydrogens (tertiary/aromatic N) is 3. The van der Waals surface area contributed by atoms with Gasteiger partial charge in [-0.25, -0.2) is 14.4 Å². The maximum absolute atomic E-state index is 13.2. The first kappa shape index (κ1) is 23.3. The van der Waals surface area contributed by atoms with Crippen LogP contribution in [0.3, 0.4) is 0 Å². The number of benzene rings is 1. The zero-order valence-corrected chi connectivity index (χ0v) is 17.3. The summed E-state index contributed by atoms with van der Waals surface area (Å²) in [5.41, 5.74) is 1.64. The Bertz CT molecular complexity index is 1050. The van der Waals surface area contributed by atoms with Crippen molar-refractivity contribution < 1.29 is 27.0 Å². The van der Waals surface area contributed by atoms with E-state index in [1.807, 2.05) is 30.3 Å². The number of hydrogen-bond acceptors (Lipinski definition) is 5. The molecule has 0 amide bonds. The number of imidazole rings is 1. The van der Waals surface area contributed by atoms with Gasteiger partial charge in [-0.2, -0.15) is 0 Å². The van der Waals surface area contributed by atoms with Crippen LogP contribution in [0.25, 0.3) is 11.3 Å². The Balaban J connectivity index is 1.85. The van der Waals surface area contributed by atoms with Crippen molar-refractivity contribution in [1.82, 2.24) is 14.5 Å². The maximum Gasteiger partial charge on any atom is 0.573 e. The Morgan fingerprint density at radius 2 is 1.94 bits per heavy atom. The predicted molar refractivity (Wildman–Crippen MR) is 111 cm³/mol. The Labute approximate surface area is 182 Å². The molecule has 0 saturated carbocycles. The number of hydrogen-bond donors (Lipinski definition) is 1. The molecule has 0 fully saturated rings. The van der Waals surface area contributed by atoms with Crippen LogP contribution in [0.15, 0.2) is 61.2 Å². The zero-order valence-electron chi connectivity index (χ0n) is 17.3. The molecule has 2 aromatic heterocycles. The van der Waals surface area contributed by atoms with E-state index in [4.69, 9.17) is 4.74 Å². The molecule has 2 heterocycles. The lowest BCUT2D eigenvalue weighted by Gasteiger charge is -2.12. The molecule has 0 unspecified atom stereocenters. The highest BCUT2D eigenvalue weighted by Crippen LogP contribution is 2.32. The van der Waals surface area contributed by atoms with Crippen LogP contribution < -0.4 is 10.1 Å². The van der Waals surface area contributed by atoms with E-state index in [0.717, 1.165) is 5.56 Å². The summed E-state index contributed by atoms with van der Waals surface area (Å²) < 4.78 is 63.0. The van der Waals surface area contributed by atoms with Crippen LogP contribution in [0.5, 0.6) is 5.75 Å². The Morgan fingerprint density at radius 1 is 1.19 bits per heavy atom. The van der Waals surface area contributed by atoms with Crippen LogP contribution in [0.1, 0.15) is 17.8 Å². The number of rotatable bonds is 10. The van der Waals surface area contributed by atoms with Gasteiger partial charge in [-0.15, -0.1) is 13.2 Å². The van der Waals surface area contributed by atoms with Crippen LogP contribution in [0.2, 0.25) is 0 Å². The molecule has 1 aromatic carbocycles. The Morgan fingerprint density at radius 3 is 2.59 bits per heavy atom. The van der Waals surface area contributed by atoms with Gasteiger partial charge in [0, 0.05) is 38.0 Å². The van der Waals surface area contributed by atoms with E-state index in [1.54, 1.807) is 10.8 Å². The third kappa shape index (κ3) is 6.55. The minimum Gasteiger partial charge on any atom is -0.402 e. The first-order chi connectivity index (χ1) is 15.2. The van der Waals surface area contributed by atoms with Crippen molar-refractivity contribution in [2.75, 3.05) is 12.4 Å². The summed E-state index contributed by atoms with van der Waals surface area (Å²) in [6.07, 6.45) is -1.81. The second-order valence-corrected chi connectivity index (χ2v) is 6.85. The highest BCUT2D eigenvalue weighted by atomic mass is 19.4. The minimum atomic E-state index is -4.87. The number of halogens is 4. The van der Waals surface area contributed by atoms with Crippen LogP contribution in [-0.4, -0.2) is 27.9 Å². The Kier molecular flexibility index (Phi) is 7.47. The van der Waals surface area contributed by atoms with Crippen LogP contribution in [0.4, 0.5) is 23.4 Å². The molecule has 0 radical (unpaired) electrons. The number of aryl methyl sites for hydroxylation is 1. The number of nitrogens with one attached hydrogen (secondary N) is 1. The lowest BCUT2D eigenvalue weighted by molar-refractivity contribution is -0.274. The fourth-order valence-electron chi connectivity index (χ4n) is 2.95. The molecule has 170 valence electrons. The van der Waals surface area contributed by atoms with E-state index >= 15 is 0 Å². The summed E-state index contributed by atoms with van der Waals surface area (Å²) in [5.74, 6) is -0.540. The topological polar surface area (TPSA) is 61.2 Å². The predicted octanol–water partition coefficient (Wildman–Crippen LogP) is 5.48. The quantitative estimate of drug-likeness (QED) is 0.415. The van der Waals surface area contributed by atoms with E-state index < -0.39 is 17.9 Å². The third-order valence-electron chi connectivity index (χ3n) is 4.44. The summed E-state index contributed by atoms with van der Waals surface area (Å²) in [5, 5.41) is 2.56. The van der Waals surface area contributed by atoms with E-state index in [2.05, 4.69) is 26.6 Å². The van der Waals surface area contributed by atoms with Gasteiger partial charge < -0.3 is 19.4 Å². The van der Waals surface area contributed by atoms with Crippen molar-refractivity contribution in [1.29, 1.82) is 0 Å². The summed E-state index contributed by atoms with van der Waals surface area (Å²) >= 11 is 0. The third-order valence-corrected chi connectivity index (χ3v) is 4.44. The molecule has 0 spiro atoms.